The summed E-state index contributed by atoms with van der Waals surface area (Å²) in [6, 6.07) is 13.8. The predicted molar refractivity (Wildman–Crippen MR) is 237 cm³/mol. The number of nitrogens with zero attached hydrogens (tertiary/aromatic N) is 2. The van der Waals surface area contributed by atoms with E-state index < -0.39 is 101 Å². The Kier molecular flexibility index (Phi) is 18.0. The highest BCUT2D eigenvalue weighted by molar-refractivity contribution is 7.89. The molecule has 19 nitrogen and oxygen atoms in total. The van der Waals surface area contributed by atoms with Crippen molar-refractivity contribution < 1.29 is 82.3 Å². The van der Waals surface area contributed by atoms with Crippen molar-refractivity contribution in [2.24, 2.45) is 0 Å². The Bertz CT molecular complexity index is 2830. The van der Waals surface area contributed by atoms with Gasteiger partial charge >= 0.3 is 15.4 Å². The number of aliphatic hydroxyl groups excluding tert-OH is 1. The van der Waals surface area contributed by atoms with Crippen LogP contribution in [0, 0.1) is 24.4 Å². The molecular formula is C39H43Cl2F3N4O15P2S2. The lowest BCUT2D eigenvalue weighted by atomic mass is 10.1. The third-order valence-electron chi connectivity index (χ3n) is 9.70. The van der Waals surface area contributed by atoms with E-state index in [1.165, 1.54) is 36.4 Å². The lowest BCUT2D eigenvalue weighted by Crippen LogP contribution is -2.40. The van der Waals surface area contributed by atoms with Gasteiger partial charge in [0.2, 0.25) is 20.0 Å². The number of anilines is 2. The van der Waals surface area contributed by atoms with E-state index in [2.05, 4.69) is 15.2 Å². The Labute approximate surface area is 392 Å². The number of hydrogen-bond acceptors (Lipinski definition) is 12. The maximum absolute atomic E-state index is 14.6. The summed E-state index contributed by atoms with van der Waals surface area (Å²) in [5.74, 6) is -3.93. The largest absolute Gasteiger partial charge is 0.469 e. The van der Waals surface area contributed by atoms with E-state index in [1.807, 2.05) is 0 Å². The second kappa shape index (κ2) is 22.3. The number of aryl methyl sites for hydroxylation is 1. The number of halogens is 5. The third kappa shape index (κ3) is 15.1. The molecule has 366 valence electrons. The van der Waals surface area contributed by atoms with Crippen LogP contribution in [0.25, 0.3) is 0 Å². The Morgan fingerprint density at radius 1 is 0.716 bits per heavy atom. The number of phosphoric acid groups is 1. The van der Waals surface area contributed by atoms with Crippen molar-refractivity contribution in [3.05, 3.63) is 117 Å². The van der Waals surface area contributed by atoms with Gasteiger partial charge in [-0.05, 0) is 92.1 Å². The maximum Gasteiger partial charge on any atom is 0.469 e. The number of phosphoric ester groups is 1. The summed E-state index contributed by atoms with van der Waals surface area (Å²) in [4.78, 5) is 51.9. The first-order valence-corrected chi connectivity index (χ1v) is 26.7. The van der Waals surface area contributed by atoms with E-state index in [9.17, 15) is 58.7 Å². The molecule has 3 unspecified atom stereocenters. The normalized spacial score (nSPS) is 19.8. The van der Waals surface area contributed by atoms with Crippen LogP contribution in [0.3, 0.4) is 0 Å². The lowest BCUT2D eigenvalue weighted by molar-refractivity contribution is 0.0519. The standard InChI is InChI=1S/C20H22ClF2N2O7PS.C19H21ClFN2O8PS/c1-33(28,29)32-15-5-4-14(26)10-25(11-15)34(30,31)19-8-12(2-6-18(19)23)20(27)24-13-3-7-17(22)16(21)9-13;1-12-2-3-13(19(24)22-14-4-5-17(21)16(20)9-14)8-18(12)33(28,29)23-6-7-30-11-15(10-23)31-32(25,26)27/h2-3,6-9,14-15,26H,4-5,10-11H2,1H3,(H,24,27)(H,28,29);2-5,8-9,15H,6-7,10-11H2,1H3,(H,22,24)(H2,25,26,27)/t14-,15?;/m1./s1. The average Bonchev–Trinajstić information content (AvgIpc) is 3.58. The fourth-order valence-corrected chi connectivity index (χ4v) is 11.5. The van der Waals surface area contributed by atoms with Crippen LogP contribution in [-0.2, 0) is 43.0 Å². The highest BCUT2D eigenvalue weighted by atomic mass is 35.5. The van der Waals surface area contributed by atoms with Crippen LogP contribution in [0.5, 0.6) is 0 Å². The van der Waals surface area contributed by atoms with Gasteiger partial charge in [0.15, 0.2) is 0 Å². The van der Waals surface area contributed by atoms with Gasteiger partial charge in [0.25, 0.3) is 11.8 Å². The molecule has 2 fully saturated rings. The monoisotopic (exact) mass is 1060 g/mol. The second-order valence-electron chi connectivity index (χ2n) is 15.0. The molecule has 2 heterocycles. The topological polar surface area (TPSA) is 276 Å². The minimum atomic E-state index is -4.86. The van der Waals surface area contributed by atoms with Gasteiger partial charge in [-0.2, -0.15) is 8.61 Å². The molecule has 0 radical (unpaired) electrons. The summed E-state index contributed by atoms with van der Waals surface area (Å²) >= 11 is 11.4. The minimum absolute atomic E-state index is 0.00913. The zero-order valence-corrected chi connectivity index (χ0v) is 40.0. The maximum atomic E-state index is 14.6. The summed E-state index contributed by atoms with van der Waals surface area (Å²) < 4.78 is 134. The second-order valence-corrected chi connectivity index (χ2v) is 22.7. The van der Waals surface area contributed by atoms with Gasteiger partial charge in [0.05, 0.1) is 40.4 Å². The Morgan fingerprint density at radius 2 is 1.22 bits per heavy atom. The van der Waals surface area contributed by atoms with Crippen molar-refractivity contribution in [3.8, 4) is 0 Å². The lowest BCUT2D eigenvalue weighted by Gasteiger charge is -2.25. The fourth-order valence-electron chi connectivity index (χ4n) is 6.58. The number of nitrogens with one attached hydrogen (secondary N) is 2. The summed E-state index contributed by atoms with van der Waals surface area (Å²) in [7, 11) is -17.6. The molecule has 6 N–H and O–H groups in total. The molecule has 0 spiro atoms. The van der Waals surface area contributed by atoms with E-state index >= 15 is 0 Å². The third-order valence-corrected chi connectivity index (χ3v) is 15.4. The fraction of sp³-hybridized carbons (Fsp3) is 0.333. The Balaban J connectivity index is 0.000000251. The first kappa shape index (κ1) is 54.1. The molecule has 6 rings (SSSR count). The van der Waals surface area contributed by atoms with Gasteiger partial charge in [-0.15, -0.1) is 0 Å². The molecule has 2 saturated heterocycles. The summed E-state index contributed by atoms with van der Waals surface area (Å²) in [5.41, 5.74) is 0.520. The van der Waals surface area contributed by atoms with Gasteiger partial charge in [0, 0.05) is 55.3 Å². The number of benzene rings is 4. The molecule has 0 aliphatic carbocycles. The molecular weight excluding hydrogens is 1020 g/mol. The average molecular weight is 1060 g/mol. The number of aliphatic hydroxyl groups is 1. The molecule has 2 aliphatic rings. The van der Waals surface area contributed by atoms with Crippen LogP contribution in [0.1, 0.15) is 39.1 Å². The van der Waals surface area contributed by atoms with Crippen molar-refractivity contribution >= 4 is 81.9 Å². The number of ether oxygens (including phenoxy) is 1. The first-order valence-electron chi connectivity index (χ1n) is 19.5. The SMILES string of the molecule is CP(=O)(O)OC1CC[C@@H](O)CN(S(=O)(=O)c2cc(C(=O)Nc3ccc(F)c(Cl)c3)ccc2F)C1.Cc1ccc(C(=O)Nc2ccc(F)c(Cl)c2)cc1S(=O)(=O)N1CCOCC(OP(=O)(O)O)C1. The summed E-state index contributed by atoms with van der Waals surface area (Å²) in [6.07, 6.45) is -3.10. The van der Waals surface area contributed by atoms with Crippen LogP contribution in [0.4, 0.5) is 24.5 Å². The van der Waals surface area contributed by atoms with E-state index in [4.69, 9.17) is 42.2 Å². The van der Waals surface area contributed by atoms with Crippen molar-refractivity contribution in [2.75, 3.05) is 56.7 Å². The molecule has 67 heavy (non-hydrogen) atoms. The van der Waals surface area contributed by atoms with Crippen LogP contribution in [-0.4, -0.2) is 121 Å². The molecule has 4 aromatic rings. The van der Waals surface area contributed by atoms with E-state index in [-0.39, 0.29) is 76.6 Å². The highest BCUT2D eigenvalue weighted by Gasteiger charge is 2.37. The highest BCUT2D eigenvalue weighted by Crippen LogP contribution is 2.41. The van der Waals surface area contributed by atoms with Crippen LogP contribution < -0.4 is 10.6 Å². The molecule has 0 bridgehead atoms. The van der Waals surface area contributed by atoms with E-state index in [0.717, 1.165) is 51.7 Å². The van der Waals surface area contributed by atoms with Crippen LogP contribution >= 0.6 is 38.6 Å². The van der Waals surface area contributed by atoms with Crippen molar-refractivity contribution in [2.45, 2.75) is 47.9 Å². The van der Waals surface area contributed by atoms with Gasteiger partial charge < -0.3 is 39.7 Å². The Morgan fingerprint density at radius 3 is 1.76 bits per heavy atom. The molecule has 0 saturated carbocycles. The zero-order valence-electron chi connectivity index (χ0n) is 35.1. The van der Waals surface area contributed by atoms with Gasteiger partial charge in [0.1, 0.15) is 28.5 Å². The number of rotatable bonds is 12. The van der Waals surface area contributed by atoms with Crippen LogP contribution in [0.2, 0.25) is 10.0 Å². The molecule has 2 amide bonds. The molecule has 4 aromatic carbocycles. The summed E-state index contributed by atoms with van der Waals surface area (Å²) in [6.45, 7) is 1.07. The van der Waals surface area contributed by atoms with Crippen molar-refractivity contribution in [3.63, 3.8) is 0 Å². The van der Waals surface area contributed by atoms with Crippen molar-refractivity contribution in [1.82, 2.24) is 8.61 Å². The van der Waals surface area contributed by atoms with Crippen molar-refractivity contribution in [1.29, 1.82) is 0 Å². The smallest absolute Gasteiger partial charge is 0.392 e. The Hall–Kier alpha value is -3.81. The summed E-state index contributed by atoms with van der Waals surface area (Å²) in [5, 5.41) is 14.6. The molecule has 0 aromatic heterocycles. The first-order chi connectivity index (χ1) is 31.1. The molecule has 2 aliphatic heterocycles. The number of carbonyl (C=O) groups is 2. The predicted octanol–water partition coefficient (Wildman–Crippen LogP) is 5.75. The number of sulfonamides is 2. The zero-order chi connectivity index (χ0) is 49.6. The molecule has 4 atom stereocenters. The van der Waals surface area contributed by atoms with Gasteiger partial charge in [-0.3, -0.25) is 18.7 Å². The number of amides is 2. The number of carbonyl (C=O) groups excluding carboxylic acids is 2. The van der Waals surface area contributed by atoms with Gasteiger partial charge in [-0.1, -0.05) is 29.3 Å². The van der Waals surface area contributed by atoms with E-state index in [0.29, 0.717) is 5.56 Å². The quantitative estimate of drug-likeness (QED) is 0.0922. The number of hydrogen-bond donors (Lipinski definition) is 6. The van der Waals surface area contributed by atoms with Gasteiger partial charge in [-0.25, -0.2) is 34.6 Å². The number of β-amino-alcohol motifs (C(OH)–C–C–N with tert-alkyl or cyclic N) is 1. The molecule has 28 heteroatoms. The van der Waals surface area contributed by atoms with Crippen LogP contribution in [0.15, 0.2) is 82.6 Å². The minimum Gasteiger partial charge on any atom is -0.392 e. The van der Waals surface area contributed by atoms with E-state index in [1.54, 1.807) is 6.92 Å².